The Morgan fingerprint density at radius 2 is 2.28 bits per heavy atom. The Labute approximate surface area is 112 Å². The first kappa shape index (κ1) is 11.2. The molecule has 1 aromatic carbocycles. The average Bonchev–Trinajstić information content (AvgIpc) is 2.73. The fraction of sp³-hybridized carbons (Fsp3) is 0.231. The molecule has 2 aliphatic heterocycles. The standard InChI is InChI=1S/C13H14N4S/c1-2-14-13(18)16-11-7-4-3-6-10(11)12-8-5-9-15-17(12)16/h3-9,12H,2H2,1H3,(H,14,18). The third kappa shape index (κ3) is 1.59. The zero-order chi connectivity index (χ0) is 12.5. The smallest absolute Gasteiger partial charge is 0.194 e. The molecule has 0 saturated heterocycles. The summed E-state index contributed by atoms with van der Waals surface area (Å²) in [7, 11) is 0. The lowest BCUT2D eigenvalue weighted by molar-refractivity contribution is 0.275. The van der Waals surface area contributed by atoms with Crippen molar-refractivity contribution in [3.8, 4) is 0 Å². The predicted molar refractivity (Wildman–Crippen MR) is 77.4 cm³/mol. The lowest BCUT2D eigenvalue weighted by atomic mass is 10.1. The van der Waals surface area contributed by atoms with E-state index in [2.05, 4.69) is 28.6 Å². The molecule has 18 heavy (non-hydrogen) atoms. The third-order valence-electron chi connectivity index (χ3n) is 3.02. The summed E-state index contributed by atoms with van der Waals surface area (Å²) in [5, 5.41) is 12.1. The number of hydrazone groups is 1. The van der Waals surface area contributed by atoms with Crippen molar-refractivity contribution >= 4 is 29.2 Å². The van der Waals surface area contributed by atoms with E-state index >= 15 is 0 Å². The van der Waals surface area contributed by atoms with Crippen molar-refractivity contribution in [2.75, 3.05) is 11.6 Å². The van der Waals surface area contributed by atoms with Crippen LogP contribution in [0.5, 0.6) is 0 Å². The molecule has 1 N–H and O–H groups in total. The van der Waals surface area contributed by atoms with Gasteiger partial charge in [0.25, 0.3) is 0 Å². The molecule has 5 heteroatoms. The summed E-state index contributed by atoms with van der Waals surface area (Å²) in [4.78, 5) is 0. The Kier molecular flexibility index (Phi) is 2.76. The van der Waals surface area contributed by atoms with Crippen molar-refractivity contribution in [3.05, 3.63) is 42.0 Å². The minimum Gasteiger partial charge on any atom is -0.361 e. The van der Waals surface area contributed by atoms with Crippen LogP contribution in [0.4, 0.5) is 5.69 Å². The number of nitrogens with one attached hydrogen (secondary N) is 1. The average molecular weight is 258 g/mol. The molecule has 1 aromatic rings. The van der Waals surface area contributed by atoms with Crippen molar-refractivity contribution in [2.45, 2.75) is 13.0 Å². The van der Waals surface area contributed by atoms with Crippen molar-refractivity contribution in [3.63, 3.8) is 0 Å². The summed E-state index contributed by atoms with van der Waals surface area (Å²) >= 11 is 5.43. The van der Waals surface area contributed by atoms with E-state index in [1.54, 1.807) is 6.21 Å². The number of para-hydroxylation sites is 1. The topological polar surface area (TPSA) is 30.9 Å². The molecule has 0 radical (unpaired) electrons. The van der Waals surface area contributed by atoms with Crippen LogP contribution in [0.25, 0.3) is 0 Å². The molecule has 0 fully saturated rings. The lowest BCUT2D eigenvalue weighted by Gasteiger charge is -2.31. The maximum Gasteiger partial charge on any atom is 0.194 e. The molecule has 0 spiro atoms. The summed E-state index contributed by atoms with van der Waals surface area (Å²) in [6.07, 6.45) is 5.88. The second-order valence-electron chi connectivity index (χ2n) is 4.12. The third-order valence-corrected chi connectivity index (χ3v) is 3.34. The zero-order valence-electron chi connectivity index (χ0n) is 10.1. The number of benzene rings is 1. The van der Waals surface area contributed by atoms with Crippen molar-refractivity contribution in [1.29, 1.82) is 0 Å². The Balaban J connectivity index is 2.05. The van der Waals surface area contributed by atoms with Crippen molar-refractivity contribution in [2.24, 2.45) is 5.10 Å². The van der Waals surface area contributed by atoms with Crippen LogP contribution in [0, 0.1) is 0 Å². The number of rotatable bonds is 1. The molecule has 3 rings (SSSR count). The van der Waals surface area contributed by atoms with Gasteiger partial charge in [-0.05, 0) is 31.3 Å². The van der Waals surface area contributed by atoms with Crippen molar-refractivity contribution < 1.29 is 0 Å². The highest BCUT2D eigenvalue weighted by molar-refractivity contribution is 7.80. The first-order chi connectivity index (χ1) is 8.83. The highest BCUT2D eigenvalue weighted by atomic mass is 32.1. The van der Waals surface area contributed by atoms with Crippen LogP contribution < -0.4 is 10.3 Å². The van der Waals surface area contributed by atoms with Gasteiger partial charge < -0.3 is 5.32 Å². The number of nitrogens with zero attached hydrogens (tertiary/aromatic N) is 3. The fourth-order valence-electron chi connectivity index (χ4n) is 2.28. The monoisotopic (exact) mass is 258 g/mol. The maximum atomic E-state index is 5.43. The van der Waals surface area contributed by atoms with Gasteiger partial charge in [-0.2, -0.15) is 10.2 Å². The van der Waals surface area contributed by atoms with Crippen LogP contribution in [0.2, 0.25) is 0 Å². The molecule has 0 bridgehead atoms. The van der Waals surface area contributed by atoms with Crippen LogP contribution in [0.15, 0.2) is 41.5 Å². The van der Waals surface area contributed by atoms with Gasteiger partial charge in [0.2, 0.25) is 0 Å². The van der Waals surface area contributed by atoms with Gasteiger partial charge in [0.1, 0.15) is 6.04 Å². The van der Waals surface area contributed by atoms with Gasteiger partial charge in [-0.25, -0.2) is 5.01 Å². The lowest BCUT2D eigenvalue weighted by Crippen LogP contribution is -2.46. The second kappa shape index (κ2) is 4.42. The van der Waals surface area contributed by atoms with Crippen LogP contribution in [-0.4, -0.2) is 23.0 Å². The van der Waals surface area contributed by atoms with Gasteiger partial charge in [-0.3, -0.25) is 0 Å². The van der Waals surface area contributed by atoms with Gasteiger partial charge >= 0.3 is 0 Å². The number of hydrogen-bond donors (Lipinski definition) is 1. The quantitative estimate of drug-likeness (QED) is 0.783. The summed E-state index contributed by atoms with van der Waals surface area (Å²) in [5.74, 6) is 0. The summed E-state index contributed by atoms with van der Waals surface area (Å²) < 4.78 is 0. The molecule has 1 atom stereocenters. The summed E-state index contributed by atoms with van der Waals surface area (Å²) in [6.45, 7) is 2.83. The first-order valence-corrected chi connectivity index (χ1v) is 6.40. The Morgan fingerprint density at radius 3 is 3.11 bits per heavy atom. The minimum absolute atomic E-state index is 0.141. The van der Waals surface area contributed by atoms with E-state index in [0.717, 1.165) is 12.2 Å². The molecule has 0 aromatic heterocycles. The molecular weight excluding hydrogens is 244 g/mol. The Bertz CT molecular complexity index is 538. The van der Waals surface area contributed by atoms with Crippen LogP contribution >= 0.6 is 12.2 Å². The second-order valence-corrected chi connectivity index (χ2v) is 4.51. The molecule has 4 nitrogen and oxygen atoms in total. The van der Waals surface area contributed by atoms with Crippen molar-refractivity contribution in [1.82, 2.24) is 10.4 Å². The maximum absolute atomic E-state index is 5.43. The molecule has 0 amide bonds. The van der Waals surface area contributed by atoms with E-state index in [1.165, 1.54) is 5.56 Å². The highest BCUT2D eigenvalue weighted by Crippen LogP contribution is 2.41. The number of hydrazine groups is 1. The Morgan fingerprint density at radius 1 is 1.44 bits per heavy atom. The number of anilines is 1. The van der Waals surface area contributed by atoms with Gasteiger partial charge in [0.05, 0.1) is 5.69 Å². The van der Waals surface area contributed by atoms with Crippen LogP contribution in [0.3, 0.4) is 0 Å². The molecular formula is C13H14N4S. The van der Waals surface area contributed by atoms with Crippen LogP contribution in [-0.2, 0) is 0 Å². The molecule has 0 saturated carbocycles. The van der Waals surface area contributed by atoms with E-state index in [1.807, 2.05) is 35.3 Å². The zero-order valence-corrected chi connectivity index (χ0v) is 10.9. The van der Waals surface area contributed by atoms with Gasteiger partial charge in [-0.15, -0.1) is 0 Å². The normalized spacial score (nSPS) is 19.7. The SMILES string of the molecule is CCNC(=S)N1c2ccccc2C2C=CC=NN21. The Hall–Kier alpha value is -1.88. The molecule has 92 valence electrons. The van der Waals surface area contributed by atoms with E-state index in [0.29, 0.717) is 5.11 Å². The van der Waals surface area contributed by atoms with Crippen LogP contribution in [0.1, 0.15) is 18.5 Å². The molecule has 0 aliphatic carbocycles. The van der Waals surface area contributed by atoms with E-state index in [-0.39, 0.29) is 6.04 Å². The van der Waals surface area contributed by atoms with Gasteiger partial charge in [-0.1, -0.05) is 24.3 Å². The largest absolute Gasteiger partial charge is 0.361 e. The number of allylic oxidation sites excluding steroid dienone is 1. The highest BCUT2D eigenvalue weighted by Gasteiger charge is 2.37. The molecule has 2 aliphatic rings. The molecule has 1 unspecified atom stereocenters. The summed E-state index contributed by atoms with van der Waals surface area (Å²) in [6, 6.07) is 8.39. The molecule has 2 heterocycles. The van der Waals surface area contributed by atoms with Gasteiger partial charge in [0, 0.05) is 18.3 Å². The van der Waals surface area contributed by atoms with E-state index in [9.17, 15) is 0 Å². The minimum atomic E-state index is 0.141. The van der Waals surface area contributed by atoms with E-state index in [4.69, 9.17) is 12.2 Å². The summed E-state index contributed by atoms with van der Waals surface area (Å²) in [5.41, 5.74) is 2.32. The fourth-order valence-corrected chi connectivity index (χ4v) is 2.61. The van der Waals surface area contributed by atoms with E-state index < -0.39 is 0 Å². The number of fused-ring (bicyclic) bond motifs is 3. The number of hydrogen-bond acceptors (Lipinski definition) is 3. The predicted octanol–water partition coefficient (Wildman–Crippen LogP) is 2.21. The first-order valence-electron chi connectivity index (χ1n) is 5.99. The van der Waals surface area contributed by atoms with Gasteiger partial charge in [0.15, 0.2) is 5.11 Å². The number of thiocarbonyl (C=S) groups is 1.